The van der Waals surface area contributed by atoms with Gasteiger partial charge in [0.15, 0.2) is 6.54 Å². The lowest BCUT2D eigenvalue weighted by Gasteiger charge is -2.26. The van der Waals surface area contributed by atoms with Crippen LogP contribution in [0.2, 0.25) is 0 Å². The molecule has 1 N–H and O–H groups in total. The zero-order chi connectivity index (χ0) is 11.3. The van der Waals surface area contributed by atoms with Gasteiger partial charge in [0.1, 0.15) is 12.8 Å². The lowest BCUT2D eigenvalue weighted by Crippen LogP contribution is -2.55. The molecule has 0 radical (unpaired) electrons. The number of amides is 2. The van der Waals surface area contributed by atoms with Crippen LogP contribution in [0.4, 0.5) is 4.79 Å². The van der Waals surface area contributed by atoms with Gasteiger partial charge in [0.05, 0.1) is 6.21 Å². The molecule has 84 valence electrons. The second-order valence-electron chi connectivity index (χ2n) is 3.46. The lowest BCUT2D eigenvalue weighted by atomic mass is 10.6. The highest BCUT2D eigenvalue weighted by atomic mass is 16.5. The highest BCUT2D eigenvalue weighted by molar-refractivity contribution is 5.74. The molecule has 0 fully saturated rings. The van der Waals surface area contributed by atoms with Crippen LogP contribution in [0.5, 0.6) is 0 Å². The van der Waals surface area contributed by atoms with Gasteiger partial charge in [0.25, 0.3) is 0 Å². The molecular formula is C9H17N4O2+. The molecule has 0 spiro atoms. The largest absolute Gasteiger partial charge is 0.379 e. The van der Waals surface area contributed by atoms with Crippen molar-refractivity contribution in [3.05, 3.63) is 12.3 Å². The lowest BCUT2D eigenvalue weighted by molar-refractivity contribution is -0.918. The molecule has 0 aromatic carbocycles. The smallest absolute Gasteiger partial charge is 0.363 e. The zero-order valence-corrected chi connectivity index (χ0v) is 9.30. The van der Waals surface area contributed by atoms with Gasteiger partial charge in [-0.05, 0) is 0 Å². The van der Waals surface area contributed by atoms with Gasteiger partial charge in [0.2, 0.25) is 0 Å². The fourth-order valence-corrected chi connectivity index (χ4v) is 1.13. The molecule has 0 saturated carbocycles. The Morgan fingerprint density at radius 2 is 2.33 bits per heavy atom. The Labute approximate surface area is 89.4 Å². The van der Waals surface area contributed by atoms with E-state index in [9.17, 15) is 4.79 Å². The molecular weight excluding hydrogens is 196 g/mol. The normalized spacial score (nSPS) is 23.1. The van der Waals surface area contributed by atoms with Crippen LogP contribution < -0.4 is 5.43 Å². The maximum atomic E-state index is 11.5. The molecule has 0 aliphatic carbocycles. The third kappa shape index (κ3) is 3.03. The van der Waals surface area contributed by atoms with Crippen molar-refractivity contribution in [1.29, 1.82) is 0 Å². The summed E-state index contributed by atoms with van der Waals surface area (Å²) in [5.74, 6) is 0. The summed E-state index contributed by atoms with van der Waals surface area (Å²) in [5, 5.41) is 4.19. The zero-order valence-electron chi connectivity index (χ0n) is 9.30. The predicted octanol–water partition coefficient (Wildman–Crippen LogP) is 0.149. The van der Waals surface area contributed by atoms with Gasteiger partial charge in [-0.25, -0.2) is 4.79 Å². The topological polar surface area (TPSA) is 53.9 Å². The number of urea groups is 1. The van der Waals surface area contributed by atoms with Crippen molar-refractivity contribution in [2.45, 2.75) is 0 Å². The molecule has 1 rings (SSSR count). The summed E-state index contributed by atoms with van der Waals surface area (Å²) in [6.45, 7) is 1.10. The van der Waals surface area contributed by atoms with Crippen molar-refractivity contribution in [2.75, 3.05) is 34.4 Å². The maximum absolute atomic E-state index is 11.5. The molecule has 1 aliphatic heterocycles. The number of nitrogens with zero attached hydrogens (tertiary/aromatic N) is 3. The first kappa shape index (κ1) is 11.7. The number of hydrogen-bond donors (Lipinski definition) is 1. The van der Waals surface area contributed by atoms with E-state index in [0.717, 1.165) is 0 Å². The Bertz CT molecular complexity index is 274. The quantitative estimate of drug-likeness (QED) is 0.676. The summed E-state index contributed by atoms with van der Waals surface area (Å²) in [6, 6.07) is -0.185. The fourth-order valence-electron chi connectivity index (χ4n) is 1.13. The Hall–Kier alpha value is -1.40. The van der Waals surface area contributed by atoms with E-state index in [-0.39, 0.29) is 10.7 Å². The third-order valence-corrected chi connectivity index (χ3v) is 2.02. The second kappa shape index (κ2) is 4.90. The molecule has 0 bridgehead atoms. The minimum atomic E-state index is -0.185. The molecule has 0 saturated heterocycles. The Balaban J connectivity index is 2.62. The van der Waals surface area contributed by atoms with E-state index in [0.29, 0.717) is 13.2 Å². The van der Waals surface area contributed by atoms with Gasteiger partial charge < -0.3 is 9.64 Å². The molecule has 1 atom stereocenters. The summed E-state index contributed by atoms with van der Waals surface area (Å²) in [5.41, 5.74) is 2.79. The van der Waals surface area contributed by atoms with E-state index in [4.69, 9.17) is 4.74 Å². The molecule has 6 heteroatoms. The van der Waals surface area contributed by atoms with Crippen LogP contribution >= 0.6 is 0 Å². The summed E-state index contributed by atoms with van der Waals surface area (Å²) >= 11 is 0. The molecule has 15 heavy (non-hydrogen) atoms. The summed E-state index contributed by atoms with van der Waals surface area (Å²) < 4.78 is 5.04. The van der Waals surface area contributed by atoms with Gasteiger partial charge in [0, 0.05) is 27.3 Å². The van der Waals surface area contributed by atoms with Crippen molar-refractivity contribution in [3.63, 3.8) is 0 Å². The maximum Gasteiger partial charge on any atom is 0.363 e. The van der Waals surface area contributed by atoms with E-state index in [1.165, 1.54) is 4.90 Å². The monoisotopic (exact) mass is 213 g/mol. The molecule has 0 aromatic rings. The van der Waals surface area contributed by atoms with Crippen LogP contribution in [0.3, 0.4) is 0 Å². The fraction of sp³-hybridized carbons (Fsp3) is 0.556. The average Bonchev–Trinajstić information content (AvgIpc) is 2.64. The molecule has 0 aromatic heterocycles. The van der Waals surface area contributed by atoms with Crippen LogP contribution in [0.25, 0.3) is 0 Å². The highest BCUT2D eigenvalue weighted by Gasteiger charge is 2.30. The number of quaternary nitrogens is 1. The van der Waals surface area contributed by atoms with Crippen LogP contribution in [-0.4, -0.2) is 56.2 Å². The van der Waals surface area contributed by atoms with Gasteiger partial charge in [-0.3, -0.25) is 0 Å². The van der Waals surface area contributed by atoms with Crippen LogP contribution in [0.1, 0.15) is 0 Å². The van der Waals surface area contributed by atoms with Gasteiger partial charge in [-0.1, -0.05) is 9.80 Å². The predicted molar refractivity (Wildman–Crippen MR) is 56.9 cm³/mol. The van der Waals surface area contributed by atoms with Crippen molar-refractivity contribution in [1.82, 2.24) is 10.3 Å². The first-order valence-corrected chi connectivity index (χ1v) is 4.69. The Morgan fingerprint density at radius 1 is 1.60 bits per heavy atom. The van der Waals surface area contributed by atoms with Crippen molar-refractivity contribution >= 4 is 12.2 Å². The van der Waals surface area contributed by atoms with E-state index in [1.807, 2.05) is 0 Å². The Morgan fingerprint density at radius 3 is 2.80 bits per heavy atom. The average molecular weight is 213 g/mol. The number of nitrogens with one attached hydrogen (secondary N) is 1. The molecule has 2 amide bonds. The van der Waals surface area contributed by atoms with Crippen LogP contribution in [0, 0.1) is 0 Å². The summed E-state index contributed by atoms with van der Waals surface area (Å²) in [4.78, 5) is 13.0. The highest BCUT2D eigenvalue weighted by Crippen LogP contribution is 2.09. The first-order valence-electron chi connectivity index (χ1n) is 4.69. The molecule has 1 heterocycles. The van der Waals surface area contributed by atoms with Gasteiger partial charge in [-0.15, -0.1) is 0 Å². The van der Waals surface area contributed by atoms with Crippen molar-refractivity contribution < 1.29 is 14.2 Å². The van der Waals surface area contributed by atoms with Gasteiger partial charge >= 0.3 is 6.03 Å². The van der Waals surface area contributed by atoms with E-state index in [2.05, 4.69) is 10.5 Å². The summed E-state index contributed by atoms with van der Waals surface area (Å²) in [7, 11) is 4.99. The number of hydrogen-bond acceptors (Lipinski definition) is 3. The van der Waals surface area contributed by atoms with Crippen molar-refractivity contribution in [3.8, 4) is 0 Å². The third-order valence-electron chi connectivity index (χ3n) is 2.02. The van der Waals surface area contributed by atoms with E-state index in [1.54, 1.807) is 39.7 Å². The minimum Gasteiger partial charge on any atom is -0.379 e. The van der Waals surface area contributed by atoms with Crippen LogP contribution in [0.15, 0.2) is 17.4 Å². The molecule has 6 nitrogen and oxygen atoms in total. The van der Waals surface area contributed by atoms with Crippen molar-refractivity contribution in [2.24, 2.45) is 5.10 Å². The van der Waals surface area contributed by atoms with E-state index < -0.39 is 0 Å². The number of carbonyl (C=O) groups excluding carboxylic acids is 1. The van der Waals surface area contributed by atoms with Gasteiger partial charge in [-0.2, -0.15) is 5.43 Å². The SMILES string of the molecule is COCC[N+]1(NC(=O)N(C)C)C=CC=N1. The second-order valence-corrected chi connectivity index (χ2v) is 3.46. The summed E-state index contributed by atoms with van der Waals surface area (Å²) in [6.07, 6.45) is 5.26. The number of rotatable bonds is 4. The number of allylic oxidation sites excluding steroid dienone is 1. The van der Waals surface area contributed by atoms with E-state index >= 15 is 0 Å². The molecule has 1 unspecified atom stereocenters. The minimum absolute atomic E-state index is 0.0604. The van der Waals surface area contributed by atoms with Crippen LogP contribution in [-0.2, 0) is 4.74 Å². The standard InChI is InChI=1S/C9H16N4O2/c1-12(2)9(14)11-13(7-8-15-3)6-4-5-10-13/h4-6H,7-8H2,1-3H3/p+1. The number of methoxy groups -OCH3 is 1. The first-order chi connectivity index (χ1) is 7.09. The number of carbonyl (C=O) groups is 1. The molecule has 1 aliphatic rings. The Kier molecular flexibility index (Phi) is 3.81. The number of ether oxygens (including phenoxy) is 1.